The standard InChI is InChI=1S/C22H20Cl2N2O4S/c1-15-3-12-21(20(24)13-15)25-22(27)14-30-18-8-6-17(7-9-18)26(2)31(28,29)19-10-4-16(23)5-11-19/h3-13H,14H2,1-2H3,(H,25,27). The van der Waals surface area contributed by atoms with Gasteiger partial charge in [-0.05, 0) is 73.2 Å². The molecule has 1 amide bonds. The summed E-state index contributed by atoms with van der Waals surface area (Å²) in [6, 6.07) is 17.6. The number of amides is 1. The van der Waals surface area contributed by atoms with E-state index < -0.39 is 10.0 Å². The number of nitrogens with one attached hydrogen (secondary N) is 1. The summed E-state index contributed by atoms with van der Waals surface area (Å²) in [5.74, 6) is 0.0588. The van der Waals surface area contributed by atoms with Crippen LogP contribution in [0.15, 0.2) is 71.6 Å². The van der Waals surface area contributed by atoms with E-state index in [0.717, 1.165) is 9.87 Å². The van der Waals surface area contributed by atoms with Crippen LogP contribution in [0.3, 0.4) is 0 Å². The normalized spacial score (nSPS) is 11.1. The van der Waals surface area contributed by atoms with Crippen molar-refractivity contribution in [2.24, 2.45) is 0 Å². The molecule has 162 valence electrons. The van der Waals surface area contributed by atoms with Gasteiger partial charge in [-0.2, -0.15) is 0 Å². The second kappa shape index (κ2) is 9.60. The monoisotopic (exact) mass is 478 g/mol. The van der Waals surface area contributed by atoms with Gasteiger partial charge >= 0.3 is 0 Å². The third-order valence-corrected chi connectivity index (χ3v) is 6.81. The first-order valence-electron chi connectivity index (χ1n) is 9.20. The Morgan fingerprint density at radius 3 is 2.26 bits per heavy atom. The van der Waals surface area contributed by atoms with Crippen molar-refractivity contribution in [3.05, 3.63) is 82.3 Å². The number of halogens is 2. The van der Waals surface area contributed by atoms with Crippen LogP contribution >= 0.6 is 23.2 Å². The summed E-state index contributed by atoms with van der Waals surface area (Å²) >= 11 is 11.9. The SMILES string of the molecule is Cc1ccc(NC(=O)COc2ccc(N(C)S(=O)(=O)c3ccc(Cl)cc3)cc2)c(Cl)c1. The topological polar surface area (TPSA) is 75.7 Å². The van der Waals surface area contributed by atoms with Crippen LogP contribution < -0.4 is 14.4 Å². The minimum absolute atomic E-state index is 0.131. The van der Waals surface area contributed by atoms with Crippen LogP contribution in [0.4, 0.5) is 11.4 Å². The Kier molecular flexibility index (Phi) is 7.10. The second-order valence-corrected chi connectivity index (χ2v) is 9.55. The molecule has 0 aliphatic rings. The van der Waals surface area contributed by atoms with Crippen molar-refractivity contribution in [1.29, 1.82) is 0 Å². The minimum Gasteiger partial charge on any atom is -0.484 e. The number of nitrogens with zero attached hydrogens (tertiary/aromatic N) is 1. The molecule has 0 radical (unpaired) electrons. The van der Waals surface area contributed by atoms with Crippen LogP contribution in [-0.4, -0.2) is 28.0 Å². The number of carbonyl (C=O) groups is 1. The predicted molar refractivity (Wildman–Crippen MR) is 124 cm³/mol. The Morgan fingerprint density at radius 1 is 1.00 bits per heavy atom. The summed E-state index contributed by atoms with van der Waals surface area (Å²) < 4.78 is 32.2. The van der Waals surface area contributed by atoms with Crippen LogP contribution in [0.25, 0.3) is 0 Å². The molecular formula is C22H20Cl2N2O4S. The highest BCUT2D eigenvalue weighted by atomic mass is 35.5. The lowest BCUT2D eigenvalue weighted by Crippen LogP contribution is -2.26. The molecule has 1 N–H and O–H groups in total. The highest BCUT2D eigenvalue weighted by Gasteiger charge is 2.21. The molecule has 0 saturated carbocycles. The second-order valence-electron chi connectivity index (χ2n) is 6.74. The average molecular weight is 479 g/mol. The van der Waals surface area contributed by atoms with E-state index >= 15 is 0 Å². The molecule has 3 aromatic carbocycles. The molecule has 0 atom stereocenters. The molecule has 9 heteroatoms. The molecule has 0 spiro atoms. The molecule has 3 rings (SSSR count). The molecular weight excluding hydrogens is 459 g/mol. The predicted octanol–water partition coefficient (Wildman–Crippen LogP) is 5.14. The van der Waals surface area contributed by atoms with Crippen LogP contribution in [0, 0.1) is 6.92 Å². The molecule has 0 heterocycles. The number of ether oxygens (including phenoxy) is 1. The molecule has 0 bridgehead atoms. The zero-order valence-corrected chi connectivity index (χ0v) is 19.1. The van der Waals surface area contributed by atoms with Crippen LogP contribution in [-0.2, 0) is 14.8 Å². The van der Waals surface area contributed by atoms with Gasteiger partial charge in [-0.15, -0.1) is 0 Å². The number of anilines is 2. The molecule has 31 heavy (non-hydrogen) atoms. The van der Waals surface area contributed by atoms with Gasteiger partial charge in [-0.3, -0.25) is 9.10 Å². The van der Waals surface area contributed by atoms with Crippen LogP contribution in [0.2, 0.25) is 10.0 Å². The van der Waals surface area contributed by atoms with Crippen molar-refractivity contribution < 1.29 is 17.9 Å². The quantitative estimate of drug-likeness (QED) is 0.509. The fourth-order valence-corrected chi connectivity index (χ4v) is 4.32. The van der Waals surface area contributed by atoms with E-state index in [1.165, 1.54) is 31.3 Å². The molecule has 0 fully saturated rings. The van der Waals surface area contributed by atoms with E-state index in [1.54, 1.807) is 36.4 Å². The molecule has 0 aliphatic heterocycles. The maximum atomic E-state index is 12.8. The maximum absolute atomic E-state index is 12.8. The lowest BCUT2D eigenvalue weighted by Gasteiger charge is -2.20. The van der Waals surface area contributed by atoms with Crippen molar-refractivity contribution in [3.8, 4) is 5.75 Å². The molecule has 6 nitrogen and oxygen atoms in total. The minimum atomic E-state index is -3.73. The lowest BCUT2D eigenvalue weighted by atomic mass is 10.2. The number of rotatable bonds is 7. The van der Waals surface area contributed by atoms with Crippen molar-refractivity contribution in [3.63, 3.8) is 0 Å². The summed E-state index contributed by atoms with van der Waals surface area (Å²) in [6.07, 6.45) is 0. The van der Waals surface area contributed by atoms with E-state index in [1.807, 2.05) is 13.0 Å². The van der Waals surface area contributed by atoms with Gasteiger partial charge in [0.25, 0.3) is 15.9 Å². The summed E-state index contributed by atoms with van der Waals surface area (Å²) in [5.41, 5.74) is 1.94. The van der Waals surface area contributed by atoms with Crippen molar-refractivity contribution >= 4 is 50.5 Å². The number of benzene rings is 3. The molecule has 0 saturated heterocycles. The summed E-state index contributed by atoms with van der Waals surface area (Å²) in [7, 11) is -2.27. The fourth-order valence-electron chi connectivity index (χ4n) is 2.71. The zero-order chi connectivity index (χ0) is 22.6. The van der Waals surface area contributed by atoms with Crippen LogP contribution in [0.1, 0.15) is 5.56 Å². The number of carbonyl (C=O) groups excluding carboxylic acids is 1. The Morgan fingerprint density at radius 2 is 1.65 bits per heavy atom. The van der Waals surface area contributed by atoms with E-state index in [2.05, 4.69) is 5.32 Å². The van der Waals surface area contributed by atoms with Gasteiger partial charge in [0.2, 0.25) is 0 Å². The van der Waals surface area contributed by atoms with Gasteiger partial charge in [0.05, 0.1) is 21.3 Å². The molecule has 0 unspecified atom stereocenters. The smallest absolute Gasteiger partial charge is 0.264 e. The highest BCUT2D eigenvalue weighted by Crippen LogP contribution is 2.26. The van der Waals surface area contributed by atoms with E-state index in [-0.39, 0.29) is 17.4 Å². The van der Waals surface area contributed by atoms with Gasteiger partial charge in [0.1, 0.15) is 5.75 Å². The summed E-state index contributed by atoms with van der Waals surface area (Å²) in [5, 5.41) is 3.59. The number of hydrogen-bond donors (Lipinski definition) is 1. The third kappa shape index (κ3) is 5.70. The average Bonchev–Trinajstić information content (AvgIpc) is 2.74. The Bertz CT molecular complexity index is 1180. The maximum Gasteiger partial charge on any atom is 0.264 e. The van der Waals surface area contributed by atoms with Gasteiger partial charge in [0, 0.05) is 12.1 Å². The van der Waals surface area contributed by atoms with Gasteiger partial charge in [-0.25, -0.2) is 8.42 Å². The Balaban J connectivity index is 1.62. The van der Waals surface area contributed by atoms with Gasteiger partial charge in [-0.1, -0.05) is 29.3 Å². The Labute approximate surface area is 191 Å². The lowest BCUT2D eigenvalue weighted by molar-refractivity contribution is -0.118. The Hall–Kier alpha value is -2.74. The first-order valence-corrected chi connectivity index (χ1v) is 11.4. The van der Waals surface area contributed by atoms with E-state index in [0.29, 0.717) is 27.2 Å². The van der Waals surface area contributed by atoms with Crippen molar-refractivity contribution in [1.82, 2.24) is 0 Å². The number of sulfonamides is 1. The van der Waals surface area contributed by atoms with Gasteiger partial charge < -0.3 is 10.1 Å². The van der Waals surface area contributed by atoms with Crippen molar-refractivity contribution in [2.45, 2.75) is 11.8 Å². The van der Waals surface area contributed by atoms with E-state index in [9.17, 15) is 13.2 Å². The largest absolute Gasteiger partial charge is 0.484 e. The summed E-state index contributed by atoms with van der Waals surface area (Å²) in [4.78, 5) is 12.2. The summed E-state index contributed by atoms with van der Waals surface area (Å²) in [6.45, 7) is 1.69. The third-order valence-electron chi connectivity index (χ3n) is 4.44. The number of aryl methyl sites for hydroxylation is 1. The first kappa shape index (κ1) is 22.9. The molecule has 0 aliphatic carbocycles. The van der Waals surface area contributed by atoms with Crippen molar-refractivity contribution in [2.75, 3.05) is 23.3 Å². The molecule has 3 aromatic rings. The van der Waals surface area contributed by atoms with Crippen LogP contribution in [0.5, 0.6) is 5.75 Å². The molecule has 0 aromatic heterocycles. The zero-order valence-electron chi connectivity index (χ0n) is 16.8. The van der Waals surface area contributed by atoms with Gasteiger partial charge in [0.15, 0.2) is 6.61 Å². The first-order chi connectivity index (χ1) is 14.7. The number of hydrogen-bond acceptors (Lipinski definition) is 4. The van der Waals surface area contributed by atoms with E-state index in [4.69, 9.17) is 27.9 Å². The fraction of sp³-hybridized carbons (Fsp3) is 0.136. The highest BCUT2D eigenvalue weighted by molar-refractivity contribution is 7.92.